The molecule has 35 heavy (non-hydrogen) atoms. The Morgan fingerprint density at radius 1 is 0.914 bits per heavy atom. The van der Waals surface area contributed by atoms with Gasteiger partial charge in [0.05, 0.1) is 0 Å². The summed E-state index contributed by atoms with van der Waals surface area (Å²) in [7, 11) is -4.02. The van der Waals surface area contributed by atoms with Crippen LogP contribution in [0, 0.1) is 0 Å². The fourth-order valence-electron chi connectivity index (χ4n) is 2.56. The van der Waals surface area contributed by atoms with E-state index in [9.17, 15) is 37.2 Å². The van der Waals surface area contributed by atoms with Crippen molar-refractivity contribution in [2.24, 2.45) is 5.14 Å². The maximum Gasteiger partial charge on any atom is 0.333 e. The molecule has 1 saturated heterocycles. The molecule has 0 bridgehead atoms. The second-order valence-corrected chi connectivity index (χ2v) is 9.78. The number of carbonyl (C=O) groups excluding carboxylic acids is 6. The molecule has 1 aliphatic rings. The monoisotopic (exact) mass is 533 g/mol. The fraction of sp³-hybridized carbons (Fsp3) is 0.529. The molecule has 5 amide bonds. The summed E-state index contributed by atoms with van der Waals surface area (Å²) >= 11 is 0.573. The first-order valence-corrected chi connectivity index (χ1v) is 12.6. The smallest absolute Gasteiger partial charge is 0.333 e. The number of imide groups is 1. The van der Waals surface area contributed by atoms with E-state index in [1.807, 2.05) is 0 Å². The summed E-state index contributed by atoms with van der Waals surface area (Å²) in [5.74, 6) is -3.38. The Kier molecular flexibility index (Phi) is 10.2. The van der Waals surface area contributed by atoms with Crippen molar-refractivity contribution in [3.05, 3.63) is 0 Å². The normalized spacial score (nSPS) is 13.5. The molecule has 1 fully saturated rings. The number of nitrogens with zero attached hydrogens (tertiary/aromatic N) is 3. The molecule has 0 aromatic carbocycles. The lowest BCUT2D eigenvalue weighted by molar-refractivity contribution is -0.197. The lowest BCUT2D eigenvalue weighted by Gasteiger charge is -2.12. The van der Waals surface area contributed by atoms with E-state index in [1.54, 1.807) is 0 Å². The van der Waals surface area contributed by atoms with Crippen LogP contribution in [-0.4, -0.2) is 72.3 Å². The SMILES string of the molecule is NS(=O)(=O)c1nnc(NC(=O)CCC(=O)NCCNC(=O)CCCC(=O)ON2C(=O)CCC2=O)s1. The first-order valence-electron chi connectivity index (χ1n) is 10.2. The zero-order valence-corrected chi connectivity index (χ0v) is 19.9. The highest BCUT2D eigenvalue weighted by Crippen LogP contribution is 2.18. The average molecular weight is 534 g/mol. The lowest BCUT2D eigenvalue weighted by atomic mass is 10.2. The topological polar surface area (TPSA) is 237 Å². The van der Waals surface area contributed by atoms with Gasteiger partial charge in [0, 0.05) is 51.6 Å². The number of hydrogen-bond donors (Lipinski definition) is 4. The predicted octanol–water partition coefficient (Wildman–Crippen LogP) is -2.09. The van der Waals surface area contributed by atoms with E-state index in [1.165, 1.54) is 0 Å². The maximum absolute atomic E-state index is 11.8. The van der Waals surface area contributed by atoms with Crippen molar-refractivity contribution < 1.29 is 42.0 Å². The molecule has 0 saturated carbocycles. The Morgan fingerprint density at radius 3 is 2.06 bits per heavy atom. The molecule has 1 aliphatic heterocycles. The van der Waals surface area contributed by atoms with Crippen LogP contribution < -0.4 is 21.1 Å². The Morgan fingerprint density at radius 2 is 1.49 bits per heavy atom. The quantitative estimate of drug-likeness (QED) is 0.122. The van der Waals surface area contributed by atoms with Crippen LogP contribution in [-0.2, 0) is 43.6 Å². The lowest BCUT2D eigenvalue weighted by Crippen LogP contribution is -2.35. The molecule has 1 aromatic heterocycles. The van der Waals surface area contributed by atoms with Gasteiger partial charge in [-0.25, -0.2) is 18.4 Å². The van der Waals surface area contributed by atoms with Gasteiger partial charge in [-0.3, -0.25) is 24.0 Å². The van der Waals surface area contributed by atoms with Crippen molar-refractivity contribution in [2.75, 3.05) is 18.4 Å². The van der Waals surface area contributed by atoms with Gasteiger partial charge >= 0.3 is 5.97 Å². The molecular formula is C17H23N7O9S2. The minimum atomic E-state index is -4.02. The summed E-state index contributed by atoms with van der Waals surface area (Å²) in [5.41, 5.74) is 0. The van der Waals surface area contributed by atoms with Crippen LogP contribution in [0.2, 0.25) is 0 Å². The van der Waals surface area contributed by atoms with Gasteiger partial charge in [0.15, 0.2) is 0 Å². The molecule has 2 rings (SSSR count). The number of amides is 5. The second-order valence-electron chi connectivity index (χ2n) is 7.06. The van der Waals surface area contributed by atoms with Crippen LogP contribution in [0.1, 0.15) is 44.9 Å². The van der Waals surface area contributed by atoms with E-state index in [0.29, 0.717) is 16.4 Å². The number of anilines is 1. The van der Waals surface area contributed by atoms with Crippen LogP contribution in [0.3, 0.4) is 0 Å². The number of nitrogens with two attached hydrogens (primary N) is 1. The van der Waals surface area contributed by atoms with Crippen molar-refractivity contribution in [1.29, 1.82) is 0 Å². The molecule has 0 atom stereocenters. The average Bonchev–Trinajstić information content (AvgIpc) is 3.37. The highest BCUT2D eigenvalue weighted by molar-refractivity contribution is 7.91. The third kappa shape index (κ3) is 9.71. The van der Waals surface area contributed by atoms with Crippen molar-refractivity contribution in [3.8, 4) is 0 Å². The third-order valence-electron chi connectivity index (χ3n) is 4.23. The van der Waals surface area contributed by atoms with Crippen molar-refractivity contribution in [1.82, 2.24) is 25.9 Å². The summed E-state index contributed by atoms with van der Waals surface area (Å²) < 4.78 is 21.8. The van der Waals surface area contributed by atoms with E-state index in [0.717, 1.165) is 0 Å². The van der Waals surface area contributed by atoms with Crippen LogP contribution in [0.4, 0.5) is 5.13 Å². The molecule has 0 aliphatic carbocycles. The summed E-state index contributed by atoms with van der Waals surface area (Å²) in [5, 5.41) is 19.4. The van der Waals surface area contributed by atoms with E-state index < -0.39 is 44.0 Å². The summed E-state index contributed by atoms with van der Waals surface area (Å²) in [6.45, 7) is 0.209. The highest BCUT2D eigenvalue weighted by Gasteiger charge is 2.32. The third-order valence-corrected chi connectivity index (χ3v) is 6.38. The molecule has 18 heteroatoms. The van der Waals surface area contributed by atoms with Crippen LogP contribution in [0.25, 0.3) is 0 Å². The Balaban J connectivity index is 1.52. The number of carbonyl (C=O) groups is 6. The molecule has 0 unspecified atom stereocenters. The predicted molar refractivity (Wildman–Crippen MR) is 116 cm³/mol. The Labute approximate surface area is 202 Å². The van der Waals surface area contributed by atoms with Crippen LogP contribution in [0.5, 0.6) is 0 Å². The minimum absolute atomic E-state index is 0.00709. The molecule has 16 nitrogen and oxygen atoms in total. The first-order chi connectivity index (χ1) is 16.5. The van der Waals surface area contributed by atoms with Gasteiger partial charge in [-0.15, -0.1) is 15.3 Å². The van der Waals surface area contributed by atoms with E-state index in [4.69, 9.17) is 5.14 Å². The molecule has 0 spiro atoms. The standard InChI is InChI=1S/C17H23N7O9S2/c18-35(31,32)17-23-22-16(34-17)21-12(27)5-4-11(26)20-9-8-19-10(25)2-1-3-15(30)33-24-13(28)6-7-14(24)29/h1-9H2,(H,19,25)(H,20,26)(H2,18,31,32)(H,21,22,27). The number of primary sulfonamides is 1. The van der Waals surface area contributed by atoms with Gasteiger partial charge in [0.2, 0.25) is 27.2 Å². The molecular weight excluding hydrogens is 510 g/mol. The van der Waals surface area contributed by atoms with Crippen LogP contribution in [0.15, 0.2) is 4.34 Å². The van der Waals surface area contributed by atoms with Gasteiger partial charge in [-0.05, 0) is 6.42 Å². The van der Waals surface area contributed by atoms with Crippen LogP contribution >= 0.6 is 11.3 Å². The van der Waals surface area contributed by atoms with E-state index in [2.05, 4.69) is 31.0 Å². The van der Waals surface area contributed by atoms with Gasteiger partial charge < -0.3 is 20.8 Å². The minimum Gasteiger partial charge on any atom is -0.354 e. The Hall–Kier alpha value is -3.51. The number of sulfonamides is 1. The Bertz CT molecular complexity index is 1090. The summed E-state index contributed by atoms with van der Waals surface area (Å²) in [4.78, 5) is 74.4. The highest BCUT2D eigenvalue weighted by atomic mass is 32.2. The van der Waals surface area contributed by atoms with Gasteiger partial charge in [0.25, 0.3) is 21.8 Å². The number of hydrogen-bond acceptors (Lipinski definition) is 12. The second kappa shape index (κ2) is 12.8. The maximum atomic E-state index is 11.8. The largest absolute Gasteiger partial charge is 0.354 e. The molecule has 5 N–H and O–H groups in total. The van der Waals surface area contributed by atoms with E-state index in [-0.39, 0.29) is 69.1 Å². The van der Waals surface area contributed by atoms with Crippen molar-refractivity contribution in [3.63, 3.8) is 0 Å². The summed E-state index contributed by atoms with van der Waals surface area (Å²) in [6, 6.07) is 0. The van der Waals surface area contributed by atoms with Gasteiger partial charge in [-0.2, -0.15) is 0 Å². The zero-order valence-electron chi connectivity index (χ0n) is 18.3. The summed E-state index contributed by atoms with van der Waals surface area (Å²) in [6.07, 6.45) is -0.416. The number of rotatable bonds is 13. The number of hydroxylamine groups is 2. The van der Waals surface area contributed by atoms with Crippen molar-refractivity contribution in [2.45, 2.75) is 49.3 Å². The molecule has 2 heterocycles. The first kappa shape index (κ1) is 27.7. The van der Waals surface area contributed by atoms with Crippen molar-refractivity contribution >= 4 is 62.0 Å². The van der Waals surface area contributed by atoms with Gasteiger partial charge in [0.1, 0.15) is 0 Å². The number of aromatic nitrogens is 2. The number of nitrogens with one attached hydrogen (secondary N) is 3. The fourth-order valence-corrected chi connectivity index (χ4v) is 3.91. The molecule has 192 valence electrons. The van der Waals surface area contributed by atoms with E-state index >= 15 is 0 Å². The molecule has 0 radical (unpaired) electrons. The van der Waals surface area contributed by atoms with Gasteiger partial charge in [-0.1, -0.05) is 11.3 Å². The zero-order chi connectivity index (χ0) is 26.0. The molecule has 1 aromatic rings.